The van der Waals surface area contributed by atoms with Crippen molar-refractivity contribution in [3.8, 4) is 0 Å². The molecule has 1 rings (SSSR count). The van der Waals surface area contributed by atoms with E-state index in [0.717, 1.165) is 12.5 Å². The Kier molecular flexibility index (Phi) is 6.13. The standard InChI is InChI=1S/C13H17BrF3NO/c1-2-9(5-6-19)8-18-12-7-10(14)3-4-11(12)13(15,16)17/h3-4,7,9,18-19H,2,5-6,8H2,1H3. The summed E-state index contributed by atoms with van der Waals surface area (Å²) in [6.07, 6.45) is -2.98. The van der Waals surface area contributed by atoms with E-state index in [9.17, 15) is 13.2 Å². The molecule has 0 saturated heterocycles. The van der Waals surface area contributed by atoms with Crippen LogP contribution in [-0.4, -0.2) is 18.3 Å². The van der Waals surface area contributed by atoms with Crippen molar-refractivity contribution in [2.24, 2.45) is 5.92 Å². The zero-order chi connectivity index (χ0) is 14.5. The highest BCUT2D eigenvalue weighted by Gasteiger charge is 2.33. The molecule has 0 saturated carbocycles. The van der Waals surface area contributed by atoms with Gasteiger partial charge < -0.3 is 10.4 Å². The monoisotopic (exact) mass is 339 g/mol. The highest BCUT2D eigenvalue weighted by molar-refractivity contribution is 9.10. The summed E-state index contributed by atoms with van der Waals surface area (Å²) in [6.45, 7) is 2.41. The third-order valence-electron chi connectivity index (χ3n) is 2.98. The van der Waals surface area contributed by atoms with Gasteiger partial charge in [-0.25, -0.2) is 0 Å². The van der Waals surface area contributed by atoms with E-state index in [0.29, 0.717) is 17.4 Å². The quantitative estimate of drug-likeness (QED) is 0.810. The number of hydrogen-bond donors (Lipinski definition) is 2. The lowest BCUT2D eigenvalue weighted by atomic mass is 10.0. The second-order valence-corrected chi connectivity index (χ2v) is 5.27. The Morgan fingerprint density at radius 2 is 2.05 bits per heavy atom. The molecule has 0 aromatic heterocycles. The number of anilines is 1. The van der Waals surface area contributed by atoms with Gasteiger partial charge in [0.15, 0.2) is 0 Å². The maximum atomic E-state index is 12.8. The summed E-state index contributed by atoms with van der Waals surface area (Å²) in [6, 6.07) is 3.85. The van der Waals surface area contributed by atoms with Crippen molar-refractivity contribution < 1.29 is 18.3 Å². The number of alkyl halides is 3. The van der Waals surface area contributed by atoms with Crippen molar-refractivity contribution in [1.82, 2.24) is 0 Å². The molecular formula is C13H17BrF3NO. The minimum absolute atomic E-state index is 0.0464. The molecule has 0 amide bonds. The van der Waals surface area contributed by atoms with Gasteiger partial charge in [0.05, 0.1) is 5.56 Å². The fraction of sp³-hybridized carbons (Fsp3) is 0.538. The third kappa shape index (κ3) is 5.03. The molecular weight excluding hydrogens is 323 g/mol. The van der Waals surface area contributed by atoms with Crippen LogP contribution < -0.4 is 5.32 Å². The van der Waals surface area contributed by atoms with Crippen LogP contribution in [0.5, 0.6) is 0 Å². The molecule has 1 atom stereocenters. The lowest BCUT2D eigenvalue weighted by Crippen LogP contribution is -2.18. The molecule has 0 aliphatic rings. The molecule has 2 nitrogen and oxygen atoms in total. The van der Waals surface area contributed by atoms with Gasteiger partial charge in [0.25, 0.3) is 0 Å². The Morgan fingerprint density at radius 3 is 2.58 bits per heavy atom. The zero-order valence-corrected chi connectivity index (χ0v) is 12.2. The first-order chi connectivity index (χ1) is 8.88. The summed E-state index contributed by atoms with van der Waals surface area (Å²) in [7, 11) is 0. The van der Waals surface area contributed by atoms with Crippen LogP contribution in [0, 0.1) is 5.92 Å². The topological polar surface area (TPSA) is 32.3 Å². The van der Waals surface area contributed by atoms with Gasteiger partial charge in [-0.15, -0.1) is 0 Å². The molecule has 0 bridgehead atoms. The maximum absolute atomic E-state index is 12.8. The third-order valence-corrected chi connectivity index (χ3v) is 3.48. The molecule has 6 heteroatoms. The van der Waals surface area contributed by atoms with E-state index < -0.39 is 11.7 Å². The fourth-order valence-electron chi connectivity index (χ4n) is 1.80. The smallest absolute Gasteiger partial charge is 0.396 e. The summed E-state index contributed by atoms with van der Waals surface area (Å²) in [5.41, 5.74) is -0.604. The molecule has 1 unspecified atom stereocenters. The second kappa shape index (κ2) is 7.14. The molecule has 0 radical (unpaired) electrons. The lowest BCUT2D eigenvalue weighted by Gasteiger charge is -2.19. The van der Waals surface area contributed by atoms with Crippen molar-refractivity contribution in [3.05, 3.63) is 28.2 Å². The van der Waals surface area contributed by atoms with Gasteiger partial charge in [-0.1, -0.05) is 29.3 Å². The van der Waals surface area contributed by atoms with Gasteiger partial charge in [-0.3, -0.25) is 0 Å². The van der Waals surface area contributed by atoms with Crippen LogP contribution in [0.4, 0.5) is 18.9 Å². The predicted octanol–water partition coefficient (Wildman–Crippen LogP) is 4.29. The van der Waals surface area contributed by atoms with Crippen molar-refractivity contribution in [3.63, 3.8) is 0 Å². The number of hydrogen-bond acceptors (Lipinski definition) is 2. The fourth-order valence-corrected chi connectivity index (χ4v) is 2.16. The van der Waals surface area contributed by atoms with Crippen LogP contribution in [0.15, 0.2) is 22.7 Å². The molecule has 0 spiro atoms. The van der Waals surface area contributed by atoms with E-state index in [1.807, 2.05) is 6.92 Å². The minimum Gasteiger partial charge on any atom is -0.396 e. The van der Waals surface area contributed by atoms with E-state index in [2.05, 4.69) is 21.2 Å². The highest BCUT2D eigenvalue weighted by atomic mass is 79.9. The summed E-state index contributed by atoms with van der Waals surface area (Å²) < 4.78 is 39.1. The molecule has 0 aliphatic carbocycles. The summed E-state index contributed by atoms with van der Waals surface area (Å²) >= 11 is 3.17. The first-order valence-corrected chi connectivity index (χ1v) is 6.89. The first kappa shape index (κ1) is 16.3. The van der Waals surface area contributed by atoms with Crippen LogP contribution in [0.1, 0.15) is 25.3 Å². The summed E-state index contributed by atoms with van der Waals surface area (Å²) in [5.74, 6) is 0.157. The summed E-state index contributed by atoms with van der Waals surface area (Å²) in [4.78, 5) is 0. The number of rotatable bonds is 6. The molecule has 0 fully saturated rings. The number of halogens is 4. The Balaban J connectivity index is 2.84. The van der Waals surface area contributed by atoms with Crippen molar-refractivity contribution >= 4 is 21.6 Å². The van der Waals surface area contributed by atoms with Crippen LogP contribution in [0.2, 0.25) is 0 Å². The van der Waals surface area contributed by atoms with Gasteiger partial charge in [0, 0.05) is 23.3 Å². The lowest BCUT2D eigenvalue weighted by molar-refractivity contribution is -0.137. The van der Waals surface area contributed by atoms with E-state index in [1.165, 1.54) is 12.1 Å². The average Bonchev–Trinajstić information content (AvgIpc) is 2.33. The van der Waals surface area contributed by atoms with Crippen LogP contribution in [-0.2, 0) is 6.18 Å². The normalized spacial score (nSPS) is 13.4. The molecule has 0 heterocycles. The second-order valence-electron chi connectivity index (χ2n) is 4.36. The Hall–Kier alpha value is -0.750. The van der Waals surface area contributed by atoms with Crippen LogP contribution >= 0.6 is 15.9 Å². The number of nitrogens with one attached hydrogen (secondary N) is 1. The Bertz CT molecular complexity index is 409. The van der Waals surface area contributed by atoms with Gasteiger partial charge in [0.2, 0.25) is 0 Å². The molecule has 1 aromatic carbocycles. The molecule has 19 heavy (non-hydrogen) atoms. The van der Waals surface area contributed by atoms with E-state index in [4.69, 9.17) is 5.11 Å². The summed E-state index contributed by atoms with van der Waals surface area (Å²) in [5, 5.41) is 11.7. The van der Waals surface area contributed by atoms with Crippen LogP contribution in [0.25, 0.3) is 0 Å². The molecule has 0 aliphatic heterocycles. The predicted molar refractivity (Wildman–Crippen MR) is 73.1 cm³/mol. The number of aliphatic hydroxyl groups excluding tert-OH is 1. The van der Waals surface area contributed by atoms with Gasteiger partial charge in [-0.2, -0.15) is 13.2 Å². The molecule has 108 valence electrons. The van der Waals surface area contributed by atoms with Crippen molar-refractivity contribution in [2.45, 2.75) is 25.9 Å². The van der Waals surface area contributed by atoms with Gasteiger partial charge in [0.1, 0.15) is 0 Å². The molecule has 2 N–H and O–H groups in total. The minimum atomic E-state index is -4.37. The molecule has 1 aromatic rings. The van der Waals surface area contributed by atoms with Crippen LogP contribution in [0.3, 0.4) is 0 Å². The van der Waals surface area contributed by atoms with Crippen molar-refractivity contribution in [1.29, 1.82) is 0 Å². The zero-order valence-electron chi connectivity index (χ0n) is 10.6. The maximum Gasteiger partial charge on any atom is 0.418 e. The average molecular weight is 340 g/mol. The van der Waals surface area contributed by atoms with E-state index >= 15 is 0 Å². The largest absolute Gasteiger partial charge is 0.418 e. The number of benzene rings is 1. The SMILES string of the molecule is CCC(CCO)CNc1cc(Br)ccc1C(F)(F)F. The van der Waals surface area contributed by atoms with E-state index in [1.54, 1.807) is 0 Å². The highest BCUT2D eigenvalue weighted by Crippen LogP contribution is 2.36. The first-order valence-electron chi connectivity index (χ1n) is 6.10. The van der Waals surface area contributed by atoms with Gasteiger partial charge in [-0.05, 0) is 30.5 Å². The van der Waals surface area contributed by atoms with E-state index in [-0.39, 0.29) is 18.2 Å². The van der Waals surface area contributed by atoms with Crippen molar-refractivity contribution in [2.75, 3.05) is 18.5 Å². The Morgan fingerprint density at radius 1 is 1.37 bits per heavy atom. The Labute approximate surface area is 119 Å². The van der Waals surface area contributed by atoms with Gasteiger partial charge >= 0.3 is 6.18 Å². The number of aliphatic hydroxyl groups is 1.